The molecule has 1 aromatic heterocycles. The highest BCUT2D eigenvalue weighted by molar-refractivity contribution is 5.94. The molecule has 1 aliphatic heterocycles. The van der Waals surface area contributed by atoms with Crippen LogP contribution in [0.2, 0.25) is 0 Å². The smallest absolute Gasteiger partial charge is 0.332 e. The van der Waals surface area contributed by atoms with Gasteiger partial charge in [-0.1, -0.05) is 0 Å². The molecular weight excluding hydrogens is 301 g/mol. The summed E-state index contributed by atoms with van der Waals surface area (Å²) in [6.07, 6.45) is -1.31. The van der Waals surface area contributed by atoms with Crippen LogP contribution in [-0.2, 0) is 4.79 Å². The zero-order valence-electron chi connectivity index (χ0n) is 11.8. The number of anilines is 1. The van der Waals surface area contributed by atoms with Gasteiger partial charge in [0.25, 0.3) is 0 Å². The number of likely N-dealkylation sites (N-methyl/N-ethyl adjacent to an activating group) is 1. The Labute approximate surface area is 124 Å². The van der Waals surface area contributed by atoms with Gasteiger partial charge in [0.1, 0.15) is 12.6 Å². The van der Waals surface area contributed by atoms with Crippen LogP contribution in [0.4, 0.5) is 23.7 Å². The molecule has 1 aliphatic rings. The number of nitrogens with zero attached hydrogens (tertiary/aromatic N) is 3. The minimum atomic E-state index is -4.44. The van der Waals surface area contributed by atoms with Crippen molar-refractivity contribution in [3.63, 3.8) is 0 Å². The molecule has 22 heavy (non-hydrogen) atoms. The molecule has 120 valence electrons. The molecule has 1 saturated heterocycles. The summed E-state index contributed by atoms with van der Waals surface area (Å²) in [5, 5.41) is 2.53. The van der Waals surface area contributed by atoms with Gasteiger partial charge in [-0.25, -0.2) is 4.79 Å². The largest absolute Gasteiger partial charge is 0.406 e. The number of pyridine rings is 1. The zero-order valence-corrected chi connectivity index (χ0v) is 11.8. The van der Waals surface area contributed by atoms with Gasteiger partial charge in [-0.3, -0.25) is 9.78 Å². The van der Waals surface area contributed by atoms with Crippen molar-refractivity contribution in [3.8, 4) is 0 Å². The highest BCUT2D eigenvalue weighted by Crippen LogP contribution is 2.23. The van der Waals surface area contributed by atoms with Crippen LogP contribution in [-0.4, -0.2) is 59.1 Å². The first kappa shape index (κ1) is 16.1. The Kier molecular flexibility index (Phi) is 4.53. The standard InChI is InChI=1S/C13H15F3N4O2/c1-19(12(22)18-9-3-2-5-17-7-9)10-4-6-20(11(10)21)8-13(14,15)16/h2-3,5,7,10H,4,6,8H2,1H3,(H,18,22)/t10-/m0/s1. The molecule has 0 unspecified atom stereocenters. The van der Waals surface area contributed by atoms with Gasteiger partial charge < -0.3 is 15.1 Å². The first-order valence-electron chi connectivity index (χ1n) is 6.57. The third-order valence-electron chi connectivity index (χ3n) is 3.34. The van der Waals surface area contributed by atoms with Crippen molar-refractivity contribution < 1.29 is 22.8 Å². The predicted molar refractivity (Wildman–Crippen MR) is 72.1 cm³/mol. The number of aromatic nitrogens is 1. The van der Waals surface area contributed by atoms with Crippen LogP contribution in [0.3, 0.4) is 0 Å². The van der Waals surface area contributed by atoms with Crippen molar-refractivity contribution in [3.05, 3.63) is 24.5 Å². The van der Waals surface area contributed by atoms with Crippen LogP contribution in [0, 0.1) is 0 Å². The topological polar surface area (TPSA) is 65.5 Å². The third-order valence-corrected chi connectivity index (χ3v) is 3.34. The molecule has 2 heterocycles. The normalized spacial score (nSPS) is 18.5. The molecular formula is C13H15F3N4O2. The van der Waals surface area contributed by atoms with Crippen molar-refractivity contribution in [1.82, 2.24) is 14.8 Å². The van der Waals surface area contributed by atoms with Gasteiger partial charge in [-0.05, 0) is 18.6 Å². The van der Waals surface area contributed by atoms with Crippen LogP contribution in [0.25, 0.3) is 0 Å². The predicted octanol–water partition coefficient (Wildman–Crippen LogP) is 1.71. The van der Waals surface area contributed by atoms with Crippen LogP contribution in [0.5, 0.6) is 0 Å². The maximum Gasteiger partial charge on any atom is 0.406 e. The summed E-state index contributed by atoms with van der Waals surface area (Å²) in [4.78, 5) is 29.7. The lowest BCUT2D eigenvalue weighted by Gasteiger charge is -2.24. The average molecular weight is 316 g/mol. The molecule has 2 rings (SSSR count). The lowest BCUT2D eigenvalue weighted by Crippen LogP contribution is -2.46. The fraction of sp³-hybridized carbons (Fsp3) is 0.462. The molecule has 3 amide bonds. The van der Waals surface area contributed by atoms with E-state index < -0.39 is 30.7 Å². The molecule has 0 aromatic carbocycles. The Hall–Kier alpha value is -2.32. The van der Waals surface area contributed by atoms with Crippen molar-refractivity contribution in [2.75, 3.05) is 25.5 Å². The average Bonchev–Trinajstić information content (AvgIpc) is 2.78. The van der Waals surface area contributed by atoms with Gasteiger partial charge in [0.15, 0.2) is 0 Å². The number of amides is 3. The van der Waals surface area contributed by atoms with E-state index in [9.17, 15) is 22.8 Å². The molecule has 9 heteroatoms. The molecule has 1 fully saturated rings. The number of halogens is 3. The minimum Gasteiger partial charge on any atom is -0.332 e. The highest BCUT2D eigenvalue weighted by atomic mass is 19.4. The van der Waals surface area contributed by atoms with Crippen molar-refractivity contribution in [2.24, 2.45) is 0 Å². The van der Waals surface area contributed by atoms with Crippen molar-refractivity contribution in [2.45, 2.75) is 18.6 Å². The summed E-state index contributed by atoms with van der Waals surface area (Å²) >= 11 is 0. The summed E-state index contributed by atoms with van der Waals surface area (Å²) in [5.74, 6) is -0.693. The minimum absolute atomic E-state index is 0.0203. The molecule has 0 spiro atoms. The number of carbonyl (C=O) groups is 2. The van der Waals surface area contributed by atoms with Crippen LogP contribution in [0.15, 0.2) is 24.5 Å². The lowest BCUT2D eigenvalue weighted by atomic mass is 10.2. The van der Waals surface area contributed by atoms with E-state index in [0.29, 0.717) is 5.69 Å². The molecule has 0 aliphatic carbocycles. The van der Waals surface area contributed by atoms with Crippen molar-refractivity contribution >= 4 is 17.6 Å². The molecule has 0 saturated carbocycles. The quantitative estimate of drug-likeness (QED) is 0.923. The number of alkyl halides is 3. The second kappa shape index (κ2) is 6.20. The molecule has 1 N–H and O–H groups in total. The molecule has 0 radical (unpaired) electrons. The fourth-order valence-electron chi connectivity index (χ4n) is 2.25. The SMILES string of the molecule is CN(C(=O)Nc1cccnc1)[C@H]1CCN(CC(F)(F)F)C1=O. The molecule has 0 bridgehead atoms. The second-order valence-corrected chi connectivity index (χ2v) is 4.96. The van der Waals surface area contributed by atoms with Gasteiger partial charge in [-0.15, -0.1) is 0 Å². The van der Waals surface area contributed by atoms with E-state index in [1.165, 1.54) is 19.4 Å². The van der Waals surface area contributed by atoms with E-state index in [1.54, 1.807) is 12.1 Å². The third kappa shape index (κ3) is 3.86. The second-order valence-electron chi connectivity index (χ2n) is 4.96. The van der Waals surface area contributed by atoms with Crippen LogP contribution in [0.1, 0.15) is 6.42 Å². The van der Waals surface area contributed by atoms with Gasteiger partial charge in [0.05, 0.1) is 11.9 Å². The van der Waals surface area contributed by atoms with E-state index in [0.717, 1.165) is 9.80 Å². The Morgan fingerprint density at radius 2 is 2.27 bits per heavy atom. The highest BCUT2D eigenvalue weighted by Gasteiger charge is 2.41. The number of hydrogen-bond acceptors (Lipinski definition) is 3. The Morgan fingerprint density at radius 3 is 2.86 bits per heavy atom. The zero-order chi connectivity index (χ0) is 16.3. The summed E-state index contributed by atoms with van der Waals surface area (Å²) < 4.78 is 37.1. The number of rotatable bonds is 3. The van der Waals surface area contributed by atoms with Gasteiger partial charge >= 0.3 is 12.2 Å². The number of hydrogen-bond donors (Lipinski definition) is 1. The number of nitrogens with one attached hydrogen (secondary N) is 1. The molecule has 6 nitrogen and oxygen atoms in total. The summed E-state index contributed by atoms with van der Waals surface area (Å²) in [5.41, 5.74) is 0.442. The van der Waals surface area contributed by atoms with Crippen LogP contribution >= 0.6 is 0 Å². The number of urea groups is 1. The van der Waals surface area contributed by atoms with Gasteiger partial charge in [0, 0.05) is 19.8 Å². The summed E-state index contributed by atoms with van der Waals surface area (Å²) in [7, 11) is 1.38. The maximum absolute atomic E-state index is 12.4. The van der Waals surface area contributed by atoms with Gasteiger partial charge in [0.2, 0.25) is 5.91 Å². The van der Waals surface area contributed by atoms with E-state index >= 15 is 0 Å². The molecule has 1 atom stereocenters. The van der Waals surface area contributed by atoms with Crippen molar-refractivity contribution in [1.29, 1.82) is 0 Å². The Morgan fingerprint density at radius 1 is 1.55 bits per heavy atom. The summed E-state index contributed by atoms with van der Waals surface area (Å²) in [6.45, 7) is -1.31. The van der Waals surface area contributed by atoms with E-state index in [4.69, 9.17) is 0 Å². The number of likely N-dealkylation sites (tertiary alicyclic amines) is 1. The van der Waals surface area contributed by atoms with E-state index in [1.807, 2.05) is 0 Å². The Balaban J connectivity index is 1.97. The maximum atomic E-state index is 12.4. The Bertz CT molecular complexity index is 550. The fourth-order valence-corrected chi connectivity index (χ4v) is 2.25. The van der Waals surface area contributed by atoms with Crippen LogP contribution < -0.4 is 5.32 Å². The summed E-state index contributed by atoms with van der Waals surface area (Å²) in [6, 6.07) is 1.78. The van der Waals surface area contributed by atoms with E-state index in [2.05, 4.69) is 10.3 Å². The lowest BCUT2D eigenvalue weighted by molar-refractivity contribution is -0.158. The first-order chi connectivity index (χ1) is 10.3. The first-order valence-corrected chi connectivity index (χ1v) is 6.57. The molecule has 1 aromatic rings. The van der Waals surface area contributed by atoms with E-state index in [-0.39, 0.29) is 13.0 Å². The van der Waals surface area contributed by atoms with Gasteiger partial charge in [-0.2, -0.15) is 13.2 Å². The monoisotopic (exact) mass is 316 g/mol. The number of carbonyl (C=O) groups excluding carboxylic acids is 2.